The maximum Gasteiger partial charge on any atom is 0.119 e. The average molecular weight is 513 g/mol. The summed E-state index contributed by atoms with van der Waals surface area (Å²) in [6, 6.07) is 14.6. The highest BCUT2D eigenvalue weighted by atomic mass is 35.5. The van der Waals surface area contributed by atoms with Crippen LogP contribution in [0.15, 0.2) is 53.6 Å². The molecule has 4 nitrogen and oxygen atoms in total. The Morgan fingerprint density at radius 1 is 1.14 bits per heavy atom. The molecule has 1 aromatic heterocycles. The van der Waals surface area contributed by atoms with Crippen LogP contribution in [-0.4, -0.2) is 54.1 Å². The summed E-state index contributed by atoms with van der Waals surface area (Å²) in [5.74, 6) is 1.97. The van der Waals surface area contributed by atoms with Gasteiger partial charge in [0.25, 0.3) is 0 Å². The first-order valence-electron chi connectivity index (χ1n) is 12.7. The molecule has 3 aromatic rings. The lowest BCUT2D eigenvalue weighted by atomic mass is 9.75. The predicted molar refractivity (Wildman–Crippen MR) is 148 cm³/mol. The third-order valence-electron chi connectivity index (χ3n) is 7.49. The van der Waals surface area contributed by atoms with Crippen LogP contribution in [0.25, 0.3) is 10.9 Å². The minimum absolute atomic E-state index is 0.0272. The van der Waals surface area contributed by atoms with Crippen molar-refractivity contribution in [2.24, 2.45) is 5.41 Å². The lowest BCUT2D eigenvalue weighted by molar-refractivity contribution is 0.0358. The number of aryl methyl sites for hydroxylation is 2. The number of halogens is 1. The van der Waals surface area contributed by atoms with Gasteiger partial charge in [-0.1, -0.05) is 29.8 Å². The highest BCUT2D eigenvalue weighted by Gasteiger charge is 2.33. The van der Waals surface area contributed by atoms with Crippen molar-refractivity contribution in [3.8, 4) is 5.75 Å². The Kier molecular flexibility index (Phi) is 9.34. The van der Waals surface area contributed by atoms with Crippen LogP contribution in [0.3, 0.4) is 0 Å². The van der Waals surface area contributed by atoms with E-state index in [4.69, 9.17) is 16.3 Å². The van der Waals surface area contributed by atoms with E-state index in [0.29, 0.717) is 5.02 Å². The molecule has 0 radical (unpaired) electrons. The third kappa shape index (κ3) is 6.71. The number of likely N-dealkylation sites (tertiary alicyclic amines) is 1. The number of aliphatic hydroxyl groups is 1. The van der Waals surface area contributed by atoms with Gasteiger partial charge < -0.3 is 14.7 Å². The molecule has 0 atom stereocenters. The molecule has 2 heterocycles. The molecule has 0 spiro atoms. The maximum atomic E-state index is 10.3. The maximum absolute atomic E-state index is 10.3. The van der Waals surface area contributed by atoms with Gasteiger partial charge >= 0.3 is 0 Å². The van der Waals surface area contributed by atoms with Gasteiger partial charge in [0.05, 0.1) is 17.6 Å². The van der Waals surface area contributed by atoms with E-state index in [9.17, 15) is 5.11 Å². The van der Waals surface area contributed by atoms with Crippen molar-refractivity contribution in [1.29, 1.82) is 0 Å². The highest BCUT2D eigenvalue weighted by Crippen LogP contribution is 2.37. The molecule has 4 rings (SSSR count). The topological polar surface area (TPSA) is 45.6 Å². The first-order valence-corrected chi connectivity index (χ1v) is 14.0. The van der Waals surface area contributed by atoms with E-state index in [1.807, 2.05) is 30.0 Å². The van der Waals surface area contributed by atoms with Crippen molar-refractivity contribution >= 4 is 34.3 Å². The molecule has 6 heteroatoms. The number of thioether (sulfide) groups is 1. The smallest absolute Gasteiger partial charge is 0.119 e. The normalized spacial score (nSPS) is 16.0. The number of aromatic nitrogens is 1. The quantitative estimate of drug-likeness (QED) is 0.226. The van der Waals surface area contributed by atoms with Gasteiger partial charge in [0.1, 0.15) is 5.75 Å². The second-order valence-electron chi connectivity index (χ2n) is 9.79. The minimum Gasteiger partial charge on any atom is -0.497 e. The number of fused-ring (bicyclic) bond motifs is 1. The molecule has 35 heavy (non-hydrogen) atoms. The average Bonchev–Trinajstić information content (AvgIpc) is 2.89. The van der Waals surface area contributed by atoms with Crippen molar-refractivity contribution in [3.05, 3.63) is 64.8 Å². The van der Waals surface area contributed by atoms with Gasteiger partial charge in [-0.3, -0.25) is 4.98 Å². The van der Waals surface area contributed by atoms with Gasteiger partial charge in [-0.2, -0.15) is 0 Å². The van der Waals surface area contributed by atoms with Gasteiger partial charge in [-0.05, 0) is 112 Å². The van der Waals surface area contributed by atoms with Gasteiger partial charge in [0.2, 0.25) is 0 Å². The summed E-state index contributed by atoms with van der Waals surface area (Å²) in [6.45, 7) is 5.74. The lowest BCUT2D eigenvalue weighted by Gasteiger charge is -2.41. The number of piperidine rings is 1. The Labute approximate surface area is 219 Å². The molecule has 188 valence electrons. The summed E-state index contributed by atoms with van der Waals surface area (Å²) in [5.41, 5.74) is 3.46. The van der Waals surface area contributed by atoms with Crippen molar-refractivity contribution < 1.29 is 9.84 Å². The van der Waals surface area contributed by atoms with E-state index in [-0.39, 0.29) is 12.0 Å². The number of hydrogen-bond donors (Lipinski definition) is 1. The fourth-order valence-corrected chi connectivity index (χ4v) is 6.36. The molecule has 0 amide bonds. The molecule has 0 unspecified atom stereocenters. The molecule has 0 bridgehead atoms. The van der Waals surface area contributed by atoms with Crippen LogP contribution in [0.2, 0.25) is 5.02 Å². The van der Waals surface area contributed by atoms with Crippen molar-refractivity contribution in [1.82, 2.24) is 9.88 Å². The van der Waals surface area contributed by atoms with Crippen LogP contribution in [0.5, 0.6) is 5.75 Å². The summed E-state index contributed by atoms with van der Waals surface area (Å²) in [6.07, 6.45) is 7.98. The third-order valence-corrected chi connectivity index (χ3v) is 9.08. The molecule has 2 aromatic carbocycles. The van der Waals surface area contributed by atoms with Crippen molar-refractivity contribution in [3.63, 3.8) is 0 Å². The second-order valence-corrected chi connectivity index (χ2v) is 11.3. The Hall–Kier alpha value is -1.79. The van der Waals surface area contributed by atoms with Crippen LogP contribution >= 0.6 is 23.4 Å². The summed E-state index contributed by atoms with van der Waals surface area (Å²) in [4.78, 5) is 8.44. The molecular weight excluding hydrogens is 476 g/mol. The van der Waals surface area contributed by atoms with E-state index in [1.54, 1.807) is 13.3 Å². The number of rotatable bonds is 11. The SMILES string of the molecule is COc1ccc2ncc(Cl)c(CCCC3(CO)CCN(CCCSc4ccccc4C)CC3)c2c1. The number of nitrogens with zero attached hydrogens (tertiary/aromatic N) is 2. The fourth-order valence-electron chi connectivity index (χ4n) is 5.15. The molecule has 0 aliphatic carbocycles. The second kappa shape index (κ2) is 12.4. The summed E-state index contributed by atoms with van der Waals surface area (Å²) >= 11 is 8.52. The number of hydrogen-bond acceptors (Lipinski definition) is 5. The standard InChI is InChI=1S/C29H37ClN2O2S/c1-22-7-3-4-9-28(22)35-18-6-15-32-16-13-29(21-33,14-17-32)12-5-8-24-25-19-23(34-2)10-11-27(25)31-20-26(24)30/h3-4,7,9-11,19-20,33H,5-6,8,12-18,21H2,1-2H3. The number of pyridine rings is 1. The summed E-state index contributed by atoms with van der Waals surface area (Å²) < 4.78 is 5.41. The van der Waals surface area contributed by atoms with E-state index < -0.39 is 0 Å². The van der Waals surface area contributed by atoms with Crippen LogP contribution in [-0.2, 0) is 6.42 Å². The number of methoxy groups -OCH3 is 1. The molecular formula is C29H37ClN2O2S. The van der Waals surface area contributed by atoms with Gasteiger partial charge in [-0.15, -0.1) is 11.8 Å². The Bertz CT molecular complexity index is 1120. The number of ether oxygens (including phenoxy) is 1. The predicted octanol–water partition coefficient (Wildman–Crippen LogP) is 6.78. The molecule has 1 N–H and O–H groups in total. The fraction of sp³-hybridized carbons (Fsp3) is 0.483. The van der Waals surface area contributed by atoms with Crippen LogP contribution in [0.4, 0.5) is 0 Å². The number of aliphatic hydroxyl groups excluding tert-OH is 1. The molecule has 1 fully saturated rings. The Morgan fingerprint density at radius 3 is 2.69 bits per heavy atom. The van der Waals surface area contributed by atoms with E-state index >= 15 is 0 Å². The van der Waals surface area contributed by atoms with Crippen molar-refractivity contribution in [2.75, 3.05) is 39.1 Å². The molecule has 1 saturated heterocycles. The zero-order valence-corrected chi connectivity index (χ0v) is 22.5. The van der Waals surface area contributed by atoms with Crippen LogP contribution in [0, 0.1) is 12.3 Å². The largest absolute Gasteiger partial charge is 0.497 e. The van der Waals surface area contributed by atoms with E-state index in [2.05, 4.69) is 41.1 Å². The number of benzene rings is 2. The van der Waals surface area contributed by atoms with Crippen LogP contribution in [0.1, 0.15) is 43.2 Å². The van der Waals surface area contributed by atoms with Crippen molar-refractivity contribution in [2.45, 2.75) is 50.3 Å². The van der Waals surface area contributed by atoms with Gasteiger partial charge in [0, 0.05) is 23.1 Å². The molecule has 1 aliphatic heterocycles. The van der Waals surface area contributed by atoms with E-state index in [1.165, 1.54) is 16.9 Å². The first-order chi connectivity index (χ1) is 17.0. The molecule has 0 saturated carbocycles. The minimum atomic E-state index is 0.0272. The van der Waals surface area contributed by atoms with Gasteiger partial charge in [0.15, 0.2) is 0 Å². The lowest BCUT2D eigenvalue weighted by Crippen LogP contribution is -2.42. The monoisotopic (exact) mass is 512 g/mol. The zero-order chi connectivity index (χ0) is 24.7. The summed E-state index contributed by atoms with van der Waals surface area (Å²) in [5, 5.41) is 12.1. The first kappa shape index (κ1) is 26.3. The zero-order valence-electron chi connectivity index (χ0n) is 20.9. The van der Waals surface area contributed by atoms with Gasteiger partial charge in [-0.25, -0.2) is 0 Å². The highest BCUT2D eigenvalue weighted by molar-refractivity contribution is 7.99. The Balaban J connectivity index is 1.26. The van der Waals surface area contributed by atoms with Crippen LogP contribution < -0.4 is 4.74 Å². The molecule has 1 aliphatic rings. The Morgan fingerprint density at radius 2 is 1.94 bits per heavy atom. The summed E-state index contributed by atoms with van der Waals surface area (Å²) in [7, 11) is 1.68. The van der Waals surface area contributed by atoms with E-state index in [0.717, 1.165) is 79.7 Å².